The summed E-state index contributed by atoms with van der Waals surface area (Å²) in [5.41, 5.74) is 1.07. The van der Waals surface area contributed by atoms with Crippen LogP contribution in [0.1, 0.15) is 24.8 Å². The lowest BCUT2D eigenvalue weighted by Crippen LogP contribution is -2.14. The molecule has 0 fully saturated rings. The molecule has 13 heavy (non-hydrogen) atoms. The molecule has 2 heteroatoms. The lowest BCUT2D eigenvalue weighted by Gasteiger charge is -2.16. The van der Waals surface area contributed by atoms with Gasteiger partial charge in [0, 0.05) is 5.92 Å². The first kappa shape index (κ1) is 9.76. The zero-order valence-corrected chi connectivity index (χ0v) is 7.64. The molecule has 0 saturated heterocycles. The Bertz CT molecular complexity index is 289. The average Bonchev–Trinajstić information content (AvgIpc) is 2.18. The van der Waals surface area contributed by atoms with Gasteiger partial charge in [0.05, 0.1) is 18.6 Å². The smallest absolute Gasteiger partial charge is 0.0735 e. The van der Waals surface area contributed by atoms with Crippen molar-refractivity contribution in [3.63, 3.8) is 0 Å². The second-order valence-corrected chi connectivity index (χ2v) is 3.13. The molecular weight excluding hydrogens is 162 g/mol. The van der Waals surface area contributed by atoms with E-state index in [1.165, 1.54) is 0 Å². The minimum atomic E-state index is -0.563. The lowest BCUT2D eigenvalue weighted by molar-refractivity contribution is 0.154. The van der Waals surface area contributed by atoms with Gasteiger partial charge in [-0.3, -0.25) is 0 Å². The summed E-state index contributed by atoms with van der Waals surface area (Å²) in [6.45, 7) is 1.93. The van der Waals surface area contributed by atoms with Crippen LogP contribution in [0.2, 0.25) is 0 Å². The number of nitriles is 1. The third kappa shape index (κ3) is 2.57. The monoisotopic (exact) mass is 175 g/mol. The van der Waals surface area contributed by atoms with Gasteiger partial charge in [-0.1, -0.05) is 37.3 Å². The highest BCUT2D eigenvalue weighted by Gasteiger charge is 2.14. The van der Waals surface area contributed by atoms with Crippen LogP contribution in [0.25, 0.3) is 0 Å². The van der Waals surface area contributed by atoms with Crippen molar-refractivity contribution in [2.45, 2.75) is 25.4 Å². The minimum Gasteiger partial charge on any atom is -0.391 e. The Morgan fingerprint density at radius 3 is 2.54 bits per heavy atom. The molecule has 0 unspecified atom stereocenters. The predicted molar refractivity (Wildman–Crippen MR) is 51.1 cm³/mol. The van der Waals surface area contributed by atoms with Crippen molar-refractivity contribution < 1.29 is 5.11 Å². The quantitative estimate of drug-likeness (QED) is 0.764. The standard InChI is InChI=1S/C11H13NO/c1-9(11(13)7-8-12)10-5-3-2-4-6-10/h2-6,9,11,13H,7H2,1H3/t9-,11-/m1/s1. The van der Waals surface area contributed by atoms with Gasteiger partial charge in [0.15, 0.2) is 0 Å². The second kappa shape index (κ2) is 4.64. The van der Waals surface area contributed by atoms with Crippen molar-refractivity contribution in [2.75, 3.05) is 0 Å². The third-order valence-electron chi connectivity index (χ3n) is 2.20. The fourth-order valence-electron chi connectivity index (χ4n) is 1.25. The molecule has 0 saturated carbocycles. The number of nitrogens with zero attached hydrogens (tertiary/aromatic N) is 1. The topological polar surface area (TPSA) is 44.0 Å². The number of hydrogen-bond donors (Lipinski definition) is 1. The normalized spacial score (nSPS) is 14.5. The summed E-state index contributed by atoms with van der Waals surface area (Å²) < 4.78 is 0. The highest BCUT2D eigenvalue weighted by molar-refractivity contribution is 5.20. The van der Waals surface area contributed by atoms with E-state index in [1.54, 1.807) is 0 Å². The largest absolute Gasteiger partial charge is 0.391 e. The highest BCUT2D eigenvalue weighted by Crippen LogP contribution is 2.20. The molecular formula is C11H13NO. The van der Waals surface area contributed by atoms with E-state index in [9.17, 15) is 5.11 Å². The SMILES string of the molecule is C[C@H](c1ccccc1)[C@H](O)CC#N. The van der Waals surface area contributed by atoms with Crippen LogP contribution < -0.4 is 0 Å². The van der Waals surface area contributed by atoms with E-state index < -0.39 is 6.10 Å². The number of aliphatic hydroxyl groups is 1. The number of hydrogen-bond acceptors (Lipinski definition) is 2. The van der Waals surface area contributed by atoms with Crippen molar-refractivity contribution in [3.8, 4) is 6.07 Å². The number of benzene rings is 1. The fraction of sp³-hybridized carbons (Fsp3) is 0.364. The maximum absolute atomic E-state index is 9.55. The first-order valence-electron chi connectivity index (χ1n) is 4.35. The summed E-state index contributed by atoms with van der Waals surface area (Å²) in [4.78, 5) is 0. The Labute approximate surface area is 78.4 Å². The molecule has 2 nitrogen and oxygen atoms in total. The molecule has 0 radical (unpaired) electrons. The molecule has 1 aromatic carbocycles. The lowest BCUT2D eigenvalue weighted by atomic mass is 9.94. The van der Waals surface area contributed by atoms with Crippen molar-refractivity contribution in [3.05, 3.63) is 35.9 Å². The van der Waals surface area contributed by atoms with E-state index in [-0.39, 0.29) is 12.3 Å². The molecule has 1 rings (SSSR count). The van der Waals surface area contributed by atoms with Crippen LogP contribution in [0.5, 0.6) is 0 Å². The summed E-state index contributed by atoms with van der Waals surface area (Å²) in [6, 6.07) is 11.7. The van der Waals surface area contributed by atoms with E-state index in [0.717, 1.165) is 5.56 Å². The summed E-state index contributed by atoms with van der Waals surface area (Å²) >= 11 is 0. The van der Waals surface area contributed by atoms with Crippen LogP contribution in [0.3, 0.4) is 0 Å². The molecule has 0 heterocycles. The maximum Gasteiger partial charge on any atom is 0.0735 e. The molecule has 0 aliphatic heterocycles. The Morgan fingerprint density at radius 2 is 2.00 bits per heavy atom. The summed E-state index contributed by atoms with van der Waals surface area (Å²) in [5, 5.41) is 18.0. The van der Waals surface area contributed by atoms with Gasteiger partial charge in [0.25, 0.3) is 0 Å². The van der Waals surface area contributed by atoms with Gasteiger partial charge in [-0.2, -0.15) is 5.26 Å². The van der Waals surface area contributed by atoms with Crippen LogP contribution in [-0.2, 0) is 0 Å². The molecule has 0 aromatic heterocycles. The summed E-state index contributed by atoms with van der Waals surface area (Å²) in [6.07, 6.45) is -0.372. The number of rotatable bonds is 3. The van der Waals surface area contributed by atoms with Crippen LogP contribution in [0.4, 0.5) is 0 Å². The van der Waals surface area contributed by atoms with Gasteiger partial charge in [0.1, 0.15) is 0 Å². The van der Waals surface area contributed by atoms with Crippen LogP contribution in [-0.4, -0.2) is 11.2 Å². The van der Waals surface area contributed by atoms with Crippen molar-refractivity contribution >= 4 is 0 Å². The summed E-state index contributed by atoms with van der Waals surface area (Å²) in [7, 11) is 0. The van der Waals surface area contributed by atoms with E-state index in [0.29, 0.717) is 0 Å². The van der Waals surface area contributed by atoms with Crippen molar-refractivity contribution in [1.82, 2.24) is 0 Å². The van der Waals surface area contributed by atoms with Gasteiger partial charge < -0.3 is 5.11 Å². The Kier molecular flexibility index (Phi) is 3.48. The molecule has 2 atom stereocenters. The molecule has 1 aromatic rings. The Morgan fingerprint density at radius 1 is 1.38 bits per heavy atom. The molecule has 0 bridgehead atoms. The third-order valence-corrected chi connectivity index (χ3v) is 2.20. The molecule has 0 aliphatic rings. The Hall–Kier alpha value is -1.33. The van der Waals surface area contributed by atoms with Gasteiger partial charge in [0.2, 0.25) is 0 Å². The van der Waals surface area contributed by atoms with E-state index >= 15 is 0 Å². The molecule has 1 N–H and O–H groups in total. The maximum atomic E-state index is 9.55. The highest BCUT2D eigenvalue weighted by atomic mass is 16.3. The zero-order chi connectivity index (χ0) is 9.68. The first-order chi connectivity index (χ1) is 6.25. The van der Waals surface area contributed by atoms with Crippen molar-refractivity contribution in [1.29, 1.82) is 5.26 Å². The van der Waals surface area contributed by atoms with Crippen molar-refractivity contribution in [2.24, 2.45) is 0 Å². The molecule has 68 valence electrons. The first-order valence-corrected chi connectivity index (χ1v) is 4.35. The van der Waals surface area contributed by atoms with Crippen LogP contribution >= 0.6 is 0 Å². The van der Waals surface area contributed by atoms with E-state index in [1.807, 2.05) is 43.3 Å². The number of aliphatic hydroxyl groups excluding tert-OH is 1. The van der Waals surface area contributed by atoms with Crippen LogP contribution in [0.15, 0.2) is 30.3 Å². The van der Waals surface area contributed by atoms with Gasteiger partial charge in [-0.25, -0.2) is 0 Å². The second-order valence-electron chi connectivity index (χ2n) is 3.13. The fourth-order valence-corrected chi connectivity index (χ4v) is 1.25. The van der Waals surface area contributed by atoms with E-state index in [2.05, 4.69) is 0 Å². The van der Waals surface area contributed by atoms with Gasteiger partial charge in [-0.15, -0.1) is 0 Å². The van der Waals surface area contributed by atoms with Gasteiger partial charge >= 0.3 is 0 Å². The molecule has 0 aliphatic carbocycles. The zero-order valence-electron chi connectivity index (χ0n) is 7.64. The molecule has 0 amide bonds. The minimum absolute atomic E-state index is 0.0286. The van der Waals surface area contributed by atoms with Gasteiger partial charge in [-0.05, 0) is 5.56 Å². The Balaban J connectivity index is 2.69. The molecule has 0 spiro atoms. The summed E-state index contributed by atoms with van der Waals surface area (Å²) in [5.74, 6) is 0.0286. The average molecular weight is 175 g/mol. The van der Waals surface area contributed by atoms with E-state index in [4.69, 9.17) is 5.26 Å². The predicted octanol–water partition coefficient (Wildman–Crippen LogP) is 2.06. The van der Waals surface area contributed by atoms with Crippen LogP contribution in [0, 0.1) is 11.3 Å².